The summed E-state index contributed by atoms with van der Waals surface area (Å²) in [6, 6.07) is 4.10. The van der Waals surface area contributed by atoms with E-state index in [1.165, 1.54) is 19.1 Å². The lowest BCUT2D eigenvalue weighted by atomic mass is 9.88. The first-order chi connectivity index (χ1) is 8.99. The van der Waals surface area contributed by atoms with Crippen LogP contribution in [0.3, 0.4) is 0 Å². The molecule has 1 aromatic carbocycles. The van der Waals surface area contributed by atoms with Crippen molar-refractivity contribution in [2.75, 3.05) is 13.1 Å². The number of benzene rings is 1. The number of amides is 1. The SMILES string of the molecule is CC(=O)N1CCC(C(=O)c2ccc(Cl)cc2F)CC1. The predicted octanol–water partition coefficient (Wildman–Crippen LogP) is 2.92. The van der Waals surface area contributed by atoms with Gasteiger partial charge in [-0.25, -0.2) is 4.39 Å². The lowest BCUT2D eigenvalue weighted by Crippen LogP contribution is -2.39. The van der Waals surface area contributed by atoms with Crippen LogP contribution in [0.4, 0.5) is 4.39 Å². The normalized spacial score (nSPS) is 16.5. The van der Waals surface area contributed by atoms with Gasteiger partial charge in [0, 0.05) is 31.0 Å². The van der Waals surface area contributed by atoms with E-state index in [0.29, 0.717) is 25.9 Å². The molecule has 3 nitrogen and oxygen atoms in total. The minimum Gasteiger partial charge on any atom is -0.343 e. The molecule has 0 atom stereocenters. The van der Waals surface area contributed by atoms with Crippen LogP contribution in [-0.4, -0.2) is 29.7 Å². The zero-order valence-corrected chi connectivity index (χ0v) is 11.4. The number of halogens is 2. The average Bonchev–Trinajstić information content (AvgIpc) is 2.38. The molecule has 0 N–H and O–H groups in total. The molecule has 1 heterocycles. The molecule has 1 amide bonds. The maximum absolute atomic E-state index is 13.7. The highest BCUT2D eigenvalue weighted by atomic mass is 35.5. The fraction of sp³-hybridized carbons (Fsp3) is 0.429. The third-order valence-electron chi connectivity index (χ3n) is 3.51. The number of carbonyl (C=O) groups excluding carboxylic acids is 2. The molecule has 19 heavy (non-hydrogen) atoms. The van der Waals surface area contributed by atoms with Crippen LogP contribution in [0.25, 0.3) is 0 Å². The van der Waals surface area contributed by atoms with Crippen molar-refractivity contribution >= 4 is 23.3 Å². The van der Waals surface area contributed by atoms with Crippen LogP contribution in [0.2, 0.25) is 5.02 Å². The number of likely N-dealkylation sites (tertiary alicyclic amines) is 1. The fourth-order valence-electron chi connectivity index (χ4n) is 2.37. The number of rotatable bonds is 2. The van der Waals surface area contributed by atoms with E-state index >= 15 is 0 Å². The number of Topliss-reactive ketones (excluding diaryl/α,β-unsaturated/α-hetero) is 1. The molecule has 0 radical (unpaired) electrons. The highest BCUT2D eigenvalue weighted by molar-refractivity contribution is 6.30. The van der Waals surface area contributed by atoms with E-state index in [1.807, 2.05) is 0 Å². The van der Waals surface area contributed by atoms with Crippen molar-refractivity contribution < 1.29 is 14.0 Å². The van der Waals surface area contributed by atoms with E-state index in [-0.39, 0.29) is 28.2 Å². The minimum absolute atomic E-state index is 0.0172. The van der Waals surface area contributed by atoms with Gasteiger partial charge in [-0.1, -0.05) is 11.6 Å². The Hall–Kier alpha value is -1.42. The molecular formula is C14H15ClFNO2. The van der Waals surface area contributed by atoms with Crippen molar-refractivity contribution in [2.45, 2.75) is 19.8 Å². The molecule has 0 unspecified atom stereocenters. The average molecular weight is 284 g/mol. The van der Waals surface area contributed by atoms with Crippen LogP contribution in [-0.2, 0) is 4.79 Å². The second kappa shape index (κ2) is 5.70. The number of piperidine rings is 1. The largest absolute Gasteiger partial charge is 0.343 e. The zero-order chi connectivity index (χ0) is 14.0. The number of hydrogen-bond donors (Lipinski definition) is 0. The highest BCUT2D eigenvalue weighted by Crippen LogP contribution is 2.24. The monoisotopic (exact) mass is 283 g/mol. The van der Waals surface area contributed by atoms with Gasteiger partial charge in [-0.3, -0.25) is 9.59 Å². The maximum atomic E-state index is 13.7. The Labute approximate surface area is 116 Å². The Morgan fingerprint density at radius 1 is 1.32 bits per heavy atom. The number of carbonyl (C=O) groups is 2. The number of ketones is 1. The molecule has 1 fully saturated rings. The van der Waals surface area contributed by atoms with Gasteiger partial charge in [-0.15, -0.1) is 0 Å². The second-order valence-corrected chi connectivity index (χ2v) is 5.21. The smallest absolute Gasteiger partial charge is 0.219 e. The lowest BCUT2D eigenvalue weighted by Gasteiger charge is -2.30. The van der Waals surface area contributed by atoms with Crippen LogP contribution in [0, 0.1) is 11.7 Å². The first-order valence-corrected chi connectivity index (χ1v) is 6.61. The van der Waals surface area contributed by atoms with E-state index < -0.39 is 5.82 Å². The van der Waals surface area contributed by atoms with E-state index in [2.05, 4.69) is 0 Å². The third-order valence-corrected chi connectivity index (χ3v) is 3.74. The molecule has 1 aromatic rings. The summed E-state index contributed by atoms with van der Waals surface area (Å²) in [5.41, 5.74) is 0.0886. The standard InChI is InChI=1S/C14H15ClFNO2/c1-9(18)17-6-4-10(5-7-17)14(19)12-3-2-11(15)8-13(12)16/h2-3,8,10H,4-7H2,1H3. The Balaban J connectivity index is 2.07. The third kappa shape index (κ3) is 3.13. The molecule has 0 aliphatic carbocycles. The quantitative estimate of drug-likeness (QED) is 0.783. The highest BCUT2D eigenvalue weighted by Gasteiger charge is 2.28. The molecule has 2 rings (SSSR count). The van der Waals surface area contributed by atoms with E-state index in [0.717, 1.165) is 6.07 Å². The van der Waals surface area contributed by atoms with Crippen LogP contribution < -0.4 is 0 Å². The summed E-state index contributed by atoms with van der Waals surface area (Å²) in [5.74, 6) is -0.973. The van der Waals surface area contributed by atoms with Gasteiger partial charge < -0.3 is 4.90 Å². The van der Waals surface area contributed by atoms with Crippen LogP contribution >= 0.6 is 11.6 Å². The molecular weight excluding hydrogens is 269 g/mol. The Morgan fingerprint density at radius 2 is 1.95 bits per heavy atom. The number of nitrogens with zero attached hydrogens (tertiary/aromatic N) is 1. The topological polar surface area (TPSA) is 37.4 Å². The van der Waals surface area contributed by atoms with Gasteiger partial charge in [0.15, 0.2) is 5.78 Å². The summed E-state index contributed by atoms with van der Waals surface area (Å²) >= 11 is 5.67. The summed E-state index contributed by atoms with van der Waals surface area (Å²) in [7, 11) is 0. The number of hydrogen-bond acceptors (Lipinski definition) is 2. The summed E-state index contributed by atoms with van der Waals surface area (Å²) in [6.45, 7) is 2.63. The molecule has 0 aromatic heterocycles. The van der Waals surface area contributed by atoms with Crippen LogP contribution in [0.15, 0.2) is 18.2 Å². The summed E-state index contributed by atoms with van der Waals surface area (Å²) in [5, 5.41) is 0.278. The molecule has 102 valence electrons. The van der Waals surface area contributed by atoms with Crippen LogP contribution in [0.5, 0.6) is 0 Å². The Bertz CT molecular complexity index is 510. The van der Waals surface area contributed by atoms with E-state index in [9.17, 15) is 14.0 Å². The van der Waals surface area contributed by atoms with E-state index in [4.69, 9.17) is 11.6 Å². The second-order valence-electron chi connectivity index (χ2n) is 4.77. The molecule has 1 aliphatic heterocycles. The molecule has 0 spiro atoms. The van der Waals surface area contributed by atoms with Gasteiger partial charge in [0.2, 0.25) is 5.91 Å². The van der Waals surface area contributed by atoms with Gasteiger partial charge in [0.05, 0.1) is 5.56 Å². The lowest BCUT2D eigenvalue weighted by molar-refractivity contribution is -0.130. The van der Waals surface area contributed by atoms with Gasteiger partial charge in [0.1, 0.15) is 5.82 Å². The van der Waals surface area contributed by atoms with Crippen molar-refractivity contribution in [2.24, 2.45) is 5.92 Å². The fourth-order valence-corrected chi connectivity index (χ4v) is 2.52. The van der Waals surface area contributed by atoms with Gasteiger partial charge in [0.25, 0.3) is 0 Å². The maximum Gasteiger partial charge on any atom is 0.219 e. The molecule has 0 bridgehead atoms. The zero-order valence-electron chi connectivity index (χ0n) is 10.7. The first-order valence-electron chi connectivity index (χ1n) is 6.24. The molecule has 0 saturated carbocycles. The van der Waals surface area contributed by atoms with Gasteiger partial charge in [-0.05, 0) is 31.0 Å². The Morgan fingerprint density at radius 3 is 2.47 bits per heavy atom. The van der Waals surface area contributed by atoms with Gasteiger partial charge in [-0.2, -0.15) is 0 Å². The van der Waals surface area contributed by atoms with Gasteiger partial charge >= 0.3 is 0 Å². The summed E-state index contributed by atoms with van der Waals surface area (Å²) < 4.78 is 13.7. The summed E-state index contributed by atoms with van der Waals surface area (Å²) in [4.78, 5) is 25.1. The van der Waals surface area contributed by atoms with Crippen molar-refractivity contribution in [3.8, 4) is 0 Å². The molecule has 5 heteroatoms. The van der Waals surface area contributed by atoms with Crippen molar-refractivity contribution in [3.05, 3.63) is 34.6 Å². The predicted molar refractivity (Wildman–Crippen MR) is 70.7 cm³/mol. The summed E-state index contributed by atoms with van der Waals surface area (Å²) in [6.07, 6.45) is 1.17. The molecule has 1 aliphatic rings. The molecule has 1 saturated heterocycles. The minimum atomic E-state index is -0.577. The first kappa shape index (κ1) is 14.0. The Kier molecular flexibility index (Phi) is 4.20. The van der Waals surface area contributed by atoms with E-state index in [1.54, 1.807) is 4.90 Å². The van der Waals surface area contributed by atoms with Crippen molar-refractivity contribution in [1.29, 1.82) is 0 Å². The van der Waals surface area contributed by atoms with Crippen molar-refractivity contribution in [3.63, 3.8) is 0 Å². The van der Waals surface area contributed by atoms with Crippen LogP contribution in [0.1, 0.15) is 30.1 Å². The van der Waals surface area contributed by atoms with Crippen molar-refractivity contribution in [1.82, 2.24) is 4.90 Å².